The molecule has 2 heterocycles. The summed E-state index contributed by atoms with van der Waals surface area (Å²) in [7, 11) is 0. The number of hydrogen-bond donors (Lipinski definition) is 2. The van der Waals surface area contributed by atoms with Crippen LogP contribution in [0, 0.1) is 11.3 Å². The van der Waals surface area contributed by atoms with Gasteiger partial charge in [0.15, 0.2) is 11.8 Å². The van der Waals surface area contributed by atoms with Crippen molar-refractivity contribution in [1.82, 2.24) is 9.47 Å². The molecule has 1 saturated heterocycles. The minimum absolute atomic E-state index is 0.150. The molecule has 2 N–H and O–H groups in total. The fourth-order valence-corrected chi connectivity index (χ4v) is 1.36. The molecule has 15 heavy (non-hydrogen) atoms. The zero-order valence-corrected chi connectivity index (χ0v) is 7.79. The van der Waals surface area contributed by atoms with Crippen molar-refractivity contribution in [2.24, 2.45) is 0 Å². The van der Waals surface area contributed by atoms with Crippen LogP contribution < -0.4 is 0 Å². The van der Waals surface area contributed by atoms with E-state index in [2.05, 4.69) is 0 Å². The van der Waals surface area contributed by atoms with Crippen molar-refractivity contribution in [1.29, 1.82) is 5.26 Å². The van der Waals surface area contributed by atoms with Crippen LogP contribution in [0.3, 0.4) is 0 Å². The number of nitriles is 1. The first kappa shape index (κ1) is 9.40. The summed E-state index contributed by atoms with van der Waals surface area (Å²) < 4.78 is 1.08. The lowest BCUT2D eigenvalue weighted by Gasteiger charge is -2.06. The zero-order valence-electron chi connectivity index (χ0n) is 7.79. The van der Waals surface area contributed by atoms with E-state index < -0.39 is 0 Å². The van der Waals surface area contributed by atoms with Gasteiger partial charge in [-0.05, 0) is 0 Å². The van der Waals surface area contributed by atoms with Crippen LogP contribution in [-0.2, 0) is 11.3 Å². The minimum Gasteiger partial charge on any atom is -0.494 e. The Morgan fingerprint density at radius 1 is 1.53 bits per heavy atom. The maximum atomic E-state index is 11.5. The molecule has 1 aromatic rings. The fraction of sp³-hybridized carbons (Fsp3) is 0.333. The number of amides is 1. The van der Waals surface area contributed by atoms with Gasteiger partial charge in [0.2, 0.25) is 5.91 Å². The molecule has 1 amide bonds. The van der Waals surface area contributed by atoms with Gasteiger partial charge in [-0.2, -0.15) is 5.26 Å². The summed E-state index contributed by atoms with van der Waals surface area (Å²) in [6.07, 6.45) is 0. The molecular formula is C9H9N3O3. The van der Waals surface area contributed by atoms with Crippen LogP contribution >= 0.6 is 0 Å². The lowest BCUT2D eigenvalue weighted by Crippen LogP contribution is -2.19. The molecule has 6 heteroatoms. The molecule has 1 unspecified atom stereocenters. The van der Waals surface area contributed by atoms with E-state index in [1.165, 1.54) is 17.0 Å². The fourth-order valence-electron chi connectivity index (χ4n) is 1.36. The Labute approximate surface area is 85.6 Å². The first-order valence-electron chi connectivity index (χ1n) is 4.40. The number of nitrogens with zero attached hydrogens (tertiary/aromatic N) is 3. The number of carbonyl (C=O) groups is 1. The molecule has 1 aliphatic heterocycles. The third-order valence-electron chi connectivity index (χ3n) is 2.31. The summed E-state index contributed by atoms with van der Waals surface area (Å²) in [5.74, 6) is -0.629. The molecule has 0 bridgehead atoms. The average Bonchev–Trinajstić information content (AvgIpc) is 2.95. The van der Waals surface area contributed by atoms with Crippen molar-refractivity contribution in [3.8, 4) is 17.8 Å². The van der Waals surface area contributed by atoms with Crippen LogP contribution in [-0.4, -0.2) is 38.2 Å². The Balaban J connectivity index is 2.05. The maximum Gasteiger partial charge on any atom is 0.244 e. The van der Waals surface area contributed by atoms with E-state index in [-0.39, 0.29) is 30.3 Å². The molecule has 0 aliphatic carbocycles. The molecular weight excluding hydrogens is 198 g/mol. The summed E-state index contributed by atoms with van der Waals surface area (Å²) in [5, 5.41) is 27.1. The quantitative estimate of drug-likeness (QED) is 0.648. The summed E-state index contributed by atoms with van der Waals surface area (Å²) >= 11 is 0. The Morgan fingerprint density at radius 2 is 2.13 bits per heavy atom. The lowest BCUT2D eigenvalue weighted by molar-refractivity contribution is -0.126. The summed E-state index contributed by atoms with van der Waals surface area (Å²) in [4.78, 5) is 12.9. The summed E-state index contributed by atoms with van der Waals surface area (Å²) in [6, 6.07) is 4.20. The smallest absolute Gasteiger partial charge is 0.244 e. The van der Waals surface area contributed by atoms with Crippen molar-refractivity contribution in [3.05, 3.63) is 12.1 Å². The highest BCUT2D eigenvalue weighted by Crippen LogP contribution is 2.23. The molecule has 0 aromatic carbocycles. The standard InChI is InChI=1S/C9H9N3O3/c10-3-6-4-11(6)9(15)5-12-7(13)1-2-8(12)14/h1-2,6,13-14H,4-5H2. The van der Waals surface area contributed by atoms with Crippen molar-refractivity contribution in [2.75, 3.05) is 6.54 Å². The summed E-state index contributed by atoms with van der Waals surface area (Å²) in [5.41, 5.74) is 0. The van der Waals surface area contributed by atoms with Crippen LogP contribution in [0.1, 0.15) is 0 Å². The molecule has 78 valence electrons. The van der Waals surface area contributed by atoms with Crippen molar-refractivity contribution in [3.63, 3.8) is 0 Å². The van der Waals surface area contributed by atoms with Gasteiger partial charge in [-0.25, -0.2) is 0 Å². The van der Waals surface area contributed by atoms with Crippen molar-refractivity contribution >= 4 is 5.91 Å². The Morgan fingerprint density at radius 3 is 2.60 bits per heavy atom. The average molecular weight is 207 g/mol. The Bertz CT molecular complexity index is 426. The van der Waals surface area contributed by atoms with Gasteiger partial charge < -0.3 is 15.1 Å². The van der Waals surface area contributed by atoms with Gasteiger partial charge in [0.05, 0.1) is 12.6 Å². The second kappa shape index (κ2) is 3.20. The second-order valence-corrected chi connectivity index (χ2v) is 3.33. The topological polar surface area (TPSA) is 89.3 Å². The van der Waals surface area contributed by atoms with E-state index in [1.807, 2.05) is 6.07 Å². The van der Waals surface area contributed by atoms with Gasteiger partial charge >= 0.3 is 0 Å². The molecule has 0 radical (unpaired) electrons. The van der Waals surface area contributed by atoms with E-state index in [9.17, 15) is 15.0 Å². The number of rotatable bonds is 2. The molecule has 6 nitrogen and oxygen atoms in total. The highest BCUT2D eigenvalue weighted by atomic mass is 16.3. The van der Waals surface area contributed by atoms with E-state index >= 15 is 0 Å². The maximum absolute atomic E-state index is 11.5. The third kappa shape index (κ3) is 1.59. The van der Waals surface area contributed by atoms with Crippen LogP contribution in [0.4, 0.5) is 0 Å². The van der Waals surface area contributed by atoms with E-state index in [0.717, 1.165) is 4.57 Å². The lowest BCUT2D eigenvalue weighted by atomic mass is 10.5. The minimum atomic E-state index is -0.350. The number of aromatic hydroxyl groups is 2. The molecule has 1 fully saturated rings. The Kier molecular flexibility index (Phi) is 2.01. The zero-order chi connectivity index (χ0) is 11.0. The molecule has 0 saturated carbocycles. The predicted octanol–water partition coefficient (Wildman–Crippen LogP) is -0.366. The van der Waals surface area contributed by atoms with Crippen LogP contribution in [0.25, 0.3) is 0 Å². The molecule has 2 rings (SSSR count). The van der Waals surface area contributed by atoms with Crippen LogP contribution in [0.2, 0.25) is 0 Å². The van der Waals surface area contributed by atoms with E-state index in [0.29, 0.717) is 6.54 Å². The molecule has 1 aliphatic rings. The first-order valence-corrected chi connectivity index (χ1v) is 4.40. The number of carbonyl (C=O) groups excluding carboxylic acids is 1. The SMILES string of the molecule is N#CC1CN1C(=O)Cn1c(O)ccc1O. The molecule has 1 aromatic heterocycles. The Hall–Kier alpha value is -2.16. The van der Waals surface area contributed by atoms with Gasteiger partial charge in [0.25, 0.3) is 0 Å². The van der Waals surface area contributed by atoms with Gasteiger partial charge in [0.1, 0.15) is 12.6 Å². The largest absolute Gasteiger partial charge is 0.494 e. The molecule has 0 spiro atoms. The van der Waals surface area contributed by atoms with Gasteiger partial charge in [0, 0.05) is 12.1 Å². The monoisotopic (exact) mass is 207 g/mol. The van der Waals surface area contributed by atoms with E-state index in [4.69, 9.17) is 5.26 Å². The van der Waals surface area contributed by atoms with Gasteiger partial charge in [-0.1, -0.05) is 0 Å². The summed E-state index contributed by atoms with van der Waals surface area (Å²) in [6.45, 7) is 0.279. The third-order valence-corrected chi connectivity index (χ3v) is 2.31. The van der Waals surface area contributed by atoms with E-state index in [1.54, 1.807) is 0 Å². The number of aromatic nitrogens is 1. The van der Waals surface area contributed by atoms with Crippen molar-refractivity contribution in [2.45, 2.75) is 12.6 Å². The highest BCUT2D eigenvalue weighted by molar-refractivity contribution is 5.79. The predicted molar refractivity (Wildman–Crippen MR) is 48.9 cm³/mol. The number of hydrogen-bond acceptors (Lipinski definition) is 4. The molecule has 1 atom stereocenters. The van der Waals surface area contributed by atoms with Crippen LogP contribution in [0.15, 0.2) is 12.1 Å². The van der Waals surface area contributed by atoms with Crippen LogP contribution in [0.5, 0.6) is 11.8 Å². The highest BCUT2D eigenvalue weighted by Gasteiger charge is 2.38. The van der Waals surface area contributed by atoms with Gasteiger partial charge in [-0.3, -0.25) is 9.36 Å². The first-order chi connectivity index (χ1) is 7.13. The normalized spacial score (nSPS) is 18.6. The van der Waals surface area contributed by atoms with Gasteiger partial charge in [-0.15, -0.1) is 0 Å². The van der Waals surface area contributed by atoms with Crippen molar-refractivity contribution < 1.29 is 15.0 Å². The second-order valence-electron chi connectivity index (χ2n) is 3.33.